The highest BCUT2D eigenvalue weighted by atomic mass is 79.9. The van der Waals surface area contributed by atoms with E-state index in [0.717, 1.165) is 14.9 Å². The maximum atomic E-state index is 12.4. The molecular formula is C17H18BrNOS. The van der Waals surface area contributed by atoms with Gasteiger partial charge in [0, 0.05) is 23.0 Å². The molecule has 2 nitrogen and oxygen atoms in total. The topological polar surface area (TPSA) is 20.3 Å². The minimum atomic E-state index is -0.0973. The summed E-state index contributed by atoms with van der Waals surface area (Å²) in [5, 5.41) is -0.0973. The summed E-state index contributed by atoms with van der Waals surface area (Å²) in [6, 6.07) is 18.1. The molecule has 21 heavy (non-hydrogen) atoms. The van der Waals surface area contributed by atoms with Crippen LogP contribution in [0.2, 0.25) is 0 Å². The molecule has 1 unspecified atom stereocenters. The van der Waals surface area contributed by atoms with Gasteiger partial charge >= 0.3 is 0 Å². The minimum Gasteiger partial charge on any atom is -0.340 e. The summed E-state index contributed by atoms with van der Waals surface area (Å²) in [4.78, 5) is 15.3. The van der Waals surface area contributed by atoms with E-state index in [1.165, 1.54) is 0 Å². The number of carbonyl (C=O) groups excluding carboxylic acids is 1. The first-order valence-corrected chi connectivity index (χ1v) is 8.44. The monoisotopic (exact) mass is 363 g/mol. The lowest BCUT2D eigenvalue weighted by atomic mass is 10.2. The molecule has 0 fully saturated rings. The summed E-state index contributed by atoms with van der Waals surface area (Å²) in [5.74, 6) is 0.145. The van der Waals surface area contributed by atoms with Crippen molar-refractivity contribution in [2.75, 3.05) is 7.05 Å². The van der Waals surface area contributed by atoms with Gasteiger partial charge in [-0.25, -0.2) is 0 Å². The van der Waals surface area contributed by atoms with E-state index in [1.54, 1.807) is 16.7 Å². The zero-order valence-corrected chi connectivity index (χ0v) is 14.5. The van der Waals surface area contributed by atoms with E-state index >= 15 is 0 Å². The van der Waals surface area contributed by atoms with E-state index in [9.17, 15) is 4.79 Å². The molecule has 4 heteroatoms. The van der Waals surface area contributed by atoms with Crippen molar-refractivity contribution < 1.29 is 4.79 Å². The summed E-state index contributed by atoms with van der Waals surface area (Å²) in [6.07, 6.45) is 0. The average molecular weight is 364 g/mol. The Morgan fingerprint density at radius 2 is 1.76 bits per heavy atom. The maximum Gasteiger partial charge on any atom is 0.235 e. The Hall–Kier alpha value is -1.26. The summed E-state index contributed by atoms with van der Waals surface area (Å²) >= 11 is 5.00. The van der Waals surface area contributed by atoms with Gasteiger partial charge in [0.1, 0.15) is 0 Å². The van der Waals surface area contributed by atoms with E-state index < -0.39 is 0 Å². The van der Waals surface area contributed by atoms with Gasteiger partial charge in [-0.3, -0.25) is 4.79 Å². The first-order chi connectivity index (χ1) is 10.1. The van der Waals surface area contributed by atoms with Crippen LogP contribution in [0.1, 0.15) is 12.5 Å². The van der Waals surface area contributed by atoms with E-state index in [-0.39, 0.29) is 11.2 Å². The fourth-order valence-corrected chi connectivity index (χ4v) is 3.26. The van der Waals surface area contributed by atoms with Crippen LogP contribution in [0.3, 0.4) is 0 Å². The number of rotatable bonds is 5. The fraction of sp³-hybridized carbons (Fsp3) is 0.235. The van der Waals surface area contributed by atoms with Crippen molar-refractivity contribution in [3.8, 4) is 0 Å². The predicted molar refractivity (Wildman–Crippen MR) is 92.4 cm³/mol. The molecule has 2 aromatic carbocycles. The Morgan fingerprint density at radius 3 is 2.38 bits per heavy atom. The van der Waals surface area contributed by atoms with Crippen molar-refractivity contribution in [1.82, 2.24) is 4.90 Å². The van der Waals surface area contributed by atoms with Crippen molar-refractivity contribution in [2.24, 2.45) is 0 Å². The van der Waals surface area contributed by atoms with Crippen molar-refractivity contribution in [2.45, 2.75) is 23.6 Å². The van der Waals surface area contributed by atoms with Gasteiger partial charge in [0.15, 0.2) is 0 Å². The number of benzene rings is 2. The number of halogens is 1. The standard InChI is InChI=1S/C17H18BrNOS/c1-13(21-16-10-8-15(18)9-11-16)17(20)19(2)12-14-6-4-3-5-7-14/h3-11,13H,12H2,1-2H3. The summed E-state index contributed by atoms with van der Waals surface area (Å²) in [7, 11) is 1.86. The van der Waals surface area contributed by atoms with Gasteiger partial charge in [0.05, 0.1) is 5.25 Å². The summed E-state index contributed by atoms with van der Waals surface area (Å²) in [6.45, 7) is 2.60. The zero-order valence-electron chi connectivity index (χ0n) is 12.1. The third kappa shape index (κ3) is 4.90. The van der Waals surface area contributed by atoms with Crippen molar-refractivity contribution >= 4 is 33.6 Å². The molecule has 0 saturated heterocycles. The second-order valence-corrected chi connectivity index (χ2v) is 7.22. The van der Waals surface area contributed by atoms with E-state index in [2.05, 4.69) is 15.9 Å². The molecular weight excluding hydrogens is 346 g/mol. The third-order valence-electron chi connectivity index (χ3n) is 3.11. The highest BCUT2D eigenvalue weighted by Crippen LogP contribution is 2.26. The van der Waals surface area contributed by atoms with Crippen LogP contribution in [0, 0.1) is 0 Å². The largest absolute Gasteiger partial charge is 0.340 e. The molecule has 110 valence electrons. The number of amides is 1. The lowest BCUT2D eigenvalue weighted by Crippen LogP contribution is -2.32. The van der Waals surface area contributed by atoms with Gasteiger partial charge in [-0.15, -0.1) is 11.8 Å². The third-order valence-corrected chi connectivity index (χ3v) is 4.74. The number of carbonyl (C=O) groups is 1. The lowest BCUT2D eigenvalue weighted by molar-refractivity contribution is -0.129. The number of hydrogen-bond donors (Lipinski definition) is 0. The summed E-state index contributed by atoms with van der Waals surface area (Å²) < 4.78 is 1.05. The number of nitrogens with zero attached hydrogens (tertiary/aromatic N) is 1. The van der Waals surface area contributed by atoms with Crippen LogP contribution in [0.5, 0.6) is 0 Å². The van der Waals surface area contributed by atoms with Crippen LogP contribution in [-0.4, -0.2) is 23.1 Å². The second-order valence-electron chi connectivity index (χ2n) is 4.89. The molecule has 0 bridgehead atoms. The maximum absolute atomic E-state index is 12.4. The van der Waals surface area contributed by atoms with Crippen LogP contribution in [-0.2, 0) is 11.3 Å². The van der Waals surface area contributed by atoms with Crippen molar-refractivity contribution in [3.63, 3.8) is 0 Å². The molecule has 1 atom stereocenters. The van der Waals surface area contributed by atoms with Gasteiger partial charge in [-0.05, 0) is 36.8 Å². The van der Waals surface area contributed by atoms with E-state index in [4.69, 9.17) is 0 Å². The highest BCUT2D eigenvalue weighted by molar-refractivity contribution is 9.10. The molecule has 0 radical (unpaired) electrons. The minimum absolute atomic E-state index is 0.0973. The first kappa shape index (κ1) is 16.1. The van der Waals surface area contributed by atoms with Gasteiger partial charge in [-0.2, -0.15) is 0 Å². The predicted octanol–water partition coefficient (Wildman–Crippen LogP) is 4.59. The fourth-order valence-electron chi connectivity index (χ4n) is 2.01. The summed E-state index contributed by atoms with van der Waals surface area (Å²) in [5.41, 5.74) is 1.15. The zero-order chi connectivity index (χ0) is 15.2. The molecule has 0 saturated carbocycles. The Balaban J connectivity index is 1.93. The molecule has 0 aliphatic heterocycles. The number of hydrogen-bond acceptors (Lipinski definition) is 2. The molecule has 1 amide bonds. The first-order valence-electron chi connectivity index (χ1n) is 6.77. The molecule has 0 spiro atoms. The van der Waals surface area contributed by atoms with Crippen LogP contribution in [0.4, 0.5) is 0 Å². The molecule has 2 rings (SSSR count). The Kier molecular flexibility index (Phi) is 5.88. The second kappa shape index (κ2) is 7.66. The van der Waals surface area contributed by atoms with Crippen molar-refractivity contribution in [1.29, 1.82) is 0 Å². The lowest BCUT2D eigenvalue weighted by Gasteiger charge is -2.21. The van der Waals surface area contributed by atoms with E-state index in [1.807, 2.05) is 68.6 Å². The van der Waals surface area contributed by atoms with E-state index in [0.29, 0.717) is 6.54 Å². The molecule has 0 aliphatic rings. The molecule has 2 aromatic rings. The Bertz CT molecular complexity index is 585. The van der Waals surface area contributed by atoms with Gasteiger partial charge < -0.3 is 4.90 Å². The molecule has 0 N–H and O–H groups in total. The van der Waals surface area contributed by atoms with Crippen molar-refractivity contribution in [3.05, 3.63) is 64.6 Å². The van der Waals surface area contributed by atoms with Gasteiger partial charge in [-0.1, -0.05) is 46.3 Å². The van der Waals surface area contributed by atoms with Crippen LogP contribution >= 0.6 is 27.7 Å². The number of thioether (sulfide) groups is 1. The quantitative estimate of drug-likeness (QED) is 0.724. The van der Waals surface area contributed by atoms with Crippen LogP contribution < -0.4 is 0 Å². The SMILES string of the molecule is CC(Sc1ccc(Br)cc1)C(=O)N(C)Cc1ccccc1. The van der Waals surface area contributed by atoms with Gasteiger partial charge in [0.25, 0.3) is 0 Å². The van der Waals surface area contributed by atoms with Gasteiger partial charge in [0.2, 0.25) is 5.91 Å². The molecule has 0 aromatic heterocycles. The molecule has 0 aliphatic carbocycles. The Labute approximate surface area is 138 Å². The smallest absolute Gasteiger partial charge is 0.235 e. The Morgan fingerprint density at radius 1 is 1.14 bits per heavy atom. The van der Waals surface area contributed by atoms with Crippen LogP contribution in [0.15, 0.2) is 64.0 Å². The van der Waals surface area contributed by atoms with Crippen LogP contribution in [0.25, 0.3) is 0 Å². The highest BCUT2D eigenvalue weighted by Gasteiger charge is 2.18. The molecule has 0 heterocycles. The normalized spacial score (nSPS) is 12.0. The average Bonchev–Trinajstić information content (AvgIpc) is 2.49.